The van der Waals surface area contributed by atoms with E-state index < -0.39 is 17.5 Å². The fourth-order valence-corrected chi connectivity index (χ4v) is 2.25. The molecular weight excluding hydrogens is 353 g/mol. The van der Waals surface area contributed by atoms with Crippen LogP contribution in [0.5, 0.6) is 5.75 Å². The zero-order valence-corrected chi connectivity index (χ0v) is 14.3. The van der Waals surface area contributed by atoms with Crippen molar-refractivity contribution >= 4 is 5.91 Å². The van der Waals surface area contributed by atoms with Crippen LogP contribution in [-0.2, 0) is 6.61 Å². The first kappa shape index (κ1) is 18.2. The molecule has 0 fully saturated rings. The molecule has 9 heteroatoms. The van der Waals surface area contributed by atoms with Crippen LogP contribution in [0, 0.1) is 5.82 Å². The maximum Gasteiger partial charge on any atom is 0.263 e. The summed E-state index contributed by atoms with van der Waals surface area (Å²) in [6.45, 7) is 1.72. The topological polar surface area (TPSA) is 110 Å². The molecule has 3 aromatic rings. The van der Waals surface area contributed by atoms with Crippen LogP contribution >= 0.6 is 0 Å². The lowest BCUT2D eigenvalue weighted by atomic mass is 10.2. The van der Waals surface area contributed by atoms with Crippen LogP contribution in [0.3, 0.4) is 0 Å². The van der Waals surface area contributed by atoms with Gasteiger partial charge in [0.05, 0.1) is 11.7 Å². The van der Waals surface area contributed by atoms with Crippen LogP contribution in [0.15, 0.2) is 53.8 Å². The molecular formula is C18H16FN5O3. The second kappa shape index (κ2) is 8.17. The molecule has 0 radical (unpaired) electrons. The Morgan fingerprint density at radius 3 is 2.70 bits per heavy atom. The van der Waals surface area contributed by atoms with Gasteiger partial charge in [0.15, 0.2) is 0 Å². The van der Waals surface area contributed by atoms with E-state index in [9.17, 15) is 14.0 Å². The van der Waals surface area contributed by atoms with Crippen molar-refractivity contribution < 1.29 is 13.9 Å². The number of hydrogen-bond acceptors (Lipinski definition) is 6. The molecule has 2 N–H and O–H groups in total. The van der Waals surface area contributed by atoms with Gasteiger partial charge in [0, 0.05) is 12.4 Å². The van der Waals surface area contributed by atoms with Crippen LogP contribution in [0.25, 0.3) is 0 Å². The zero-order valence-electron chi connectivity index (χ0n) is 14.3. The number of rotatable bonds is 6. The number of amides is 1. The molecule has 138 valence electrons. The SMILES string of the molecule is C[C@@H](NC(=O)c1cnc(COc2ccc(F)cc2)[nH]c1=O)c1ccncn1. The minimum Gasteiger partial charge on any atom is -0.486 e. The minimum atomic E-state index is -0.588. The van der Waals surface area contributed by atoms with Crippen molar-refractivity contribution in [1.82, 2.24) is 25.3 Å². The monoisotopic (exact) mass is 369 g/mol. The molecule has 3 rings (SSSR count). The van der Waals surface area contributed by atoms with Gasteiger partial charge in [-0.1, -0.05) is 0 Å². The predicted octanol–water partition coefficient (Wildman–Crippen LogP) is 1.77. The predicted molar refractivity (Wildman–Crippen MR) is 93.5 cm³/mol. The number of ether oxygens (including phenoxy) is 1. The summed E-state index contributed by atoms with van der Waals surface area (Å²) in [5, 5.41) is 2.68. The largest absolute Gasteiger partial charge is 0.486 e. The average Bonchev–Trinajstić information content (AvgIpc) is 2.68. The Hall–Kier alpha value is -3.62. The Kier molecular flexibility index (Phi) is 5.50. The maximum atomic E-state index is 12.9. The van der Waals surface area contributed by atoms with Gasteiger partial charge in [0.2, 0.25) is 0 Å². The third kappa shape index (κ3) is 4.72. The molecule has 2 heterocycles. The molecule has 2 aromatic heterocycles. The van der Waals surface area contributed by atoms with E-state index in [1.54, 1.807) is 19.2 Å². The molecule has 1 amide bonds. The lowest BCUT2D eigenvalue weighted by molar-refractivity contribution is 0.0937. The highest BCUT2D eigenvalue weighted by Crippen LogP contribution is 2.12. The van der Waals surface area contributed by atoms with Crippen molar-refractivity contribution in [2.24, 2.45) is 0 Å². The van der Waals surface area contributed by atoms with Crippen LogP contribution < -0.4 is 15.6 Å². The van der Waals surface area contributed by atoms with E-state index in [0.717, 1.165) is 0 Å². The average molecular weight is 369 g/mol. The highest BCUT2D eigenvalue weighted by molar-refractivity contribution is 5.93. The number of aromatic nitrogens is 4. The van der Waals surface area contributed by atoms with Crippen molar-refractivity contribution in [3.8, 4) is 5.75 Å². The van der Waals surface area contributed by atoms with Gasteiger partial charge in [-0.15, -0.1) is 0 Å². The Balaban J connectivity index is 1.64. The van der Waals surface area contributed by atoms with E-state index in [1.807, 2.05) is 0 Å². The van der Waals surface area contributed by atoms with E-state index in [0.29, 0.717) is 11.4 Å². The fourth-order valence-electron chi connectivity index (χ4n) is 2.25. The van der Waals surface area contributed by atoms with Crippen LogP contribution in [0.1, 0.15) is 34.8 Å². The molecule has 27 heavy (non-hydrogen) atoms. The fraction of sp³-hybridized carbons (Fsp3) is 0.167. The highest BCUT2D eigenvalue weighted by atomic mass is 19.1. The van der Waals surface area contributed by atoms with Crippen molar-refractivity contribution in [1.29, 1.82) is 0 Å². The number of carbonyl (C=O) groups is 1. The summed E-state index contributed by atoms with van der Waals surface area (Å²) in [6, 6.07) is 6.72. The third-order valence-corrected chi connectivity index (χ3v) is 3.68. The summed E-state index contributed by atoms with van der Waals surface area (Å²) in [4.78, 5) is 38.9. The number of halogens is 1. The van der Waals surface area contributed by atoms with Gasteiger partial charge in [-0.05, 0) is 37.3 Å². The number of carbonyl (C=O) groups excluding carboxylic acids is 1. The van der Waals surface area contributed by atoms with E-state index in [4.69, 9.17) is 4.74 Å². The highest BCUT2D eigenvalue weighted by Gasteiger charge is 2.16. The van der Waals surface area contributed by atoms with Gasteiger partial charge in [-0.3, -0.25) is 9.59 Å². The molecule has 8 nitrogen and oxygen atoms in total. The molecule has 0 aliphatic rings. The van der Waals surface area contributed by atoms with Gasteiger partial charge >= 0.3 is 0 Å². The molecule has 1 atom stereocenters. The lowest BCUT2D eigenvalue weighted by Gasteiger charge is -2.12. The van der Waals surface area contributed by atoms with Gasteiger partial charge in [-0.25, -0.2) is 19.3 Å². The minimum absolute atomic E-state index is 0.0277. The number of aromatic amines is 1. The third-order valence-electron chi connectivity index (χ3n) is 3.68. The molecule has 0 aliphatic carbocycles. The second-order valence-electron chi connectivity index (χ2n) is 5.64. The Morgan fingerprint density at radius 1 is 1.26 bits per heavy atom. The normalized spacial score (nSPS) is 11.6. The molecule has 1 aromatic carbocycles. The second-order valence-corrected chi connectivity index (χ2v) is 5.64. The van der Waals surface area contributed by atoms with Crippen molar-refractivity contribution in [3.05, 3.63) is 82.3 Å². The molecule has 0 bridgehead atoms. The number of hydrogen-bond donors (Lipinski definition) is 2. The first-order valence-electron chi connectivity index (χ1n) is 8.06. The van der Waals surface area contributed by atoms with Crippen molar-refractivity contribution in [3.63, 3.8) is 0 Å². The molecule has 0 saturated heterocycles. The van der Waals surface area contributed by atoms with Crippen LogP contribution in [-0.4, -0.2) is 25.8 Å². The quantitative estimate of drug-likeness (QED) is 0.685. The standard InChI is InChI=1S/C18H16FN5O3/c1-11(15-6-7-20-10-22-15)23-17(25)14-8-21-16(24-18(14)26)9-27-13-4-2-12(19)3-5-13/h2-8,10-11H,9H2,1H3,(H,23,25)(H,21,24,26)/t11-/m1/s1. The maximum absolute atomic E-state index is 12.9. The van der Waals surface area contributed by atoms with Crippen molar-refractivity contribution in [2.75, 3.05) is 0 Å². The Morgan fingerprint density at radius 2 is 2.04 bits per heavy atom. The summed E-state index contributed by atoms with van der Waals surface area (Å²) in [5.74, 6) is -0.273. The van der Waals surface area contributed by atoms with Gasteiger partial charge in [0.1, 0.15) is 35.9 Å². The van der Waals surface area contributed by atoms with Crippen LogP contribution in [0.2, 0.25) is 0 Å². The van der Waals surface area contributed by atoms with Gasteiger partial charge in [-0.2, -0.15) is 0 Å². The zero-order chi connectivity index (χ0) is 19.2. The number of benzene rings is 1. The number of H-pyrrole nitrogens is 1. The number of nitrogens with one attached hydrogen (secondary N) is 2. The molecule has 0 saturated carbocycles. The summed E-state index contributed by atoms with van der Waals surface area (Å²) in [6.07, 6.45) is 4.13. The van der Waals surface area contributed by atoms with Crippen LogP contribution in [0.4, 0.5) is 4.39 Å². The smallest absolute Gasteiger partial charge is 0.263 e. The first-order valence-corrected chi connectivity index (χ1v) is 8.06. The van der Waals surface area contributed by atoms with E-state index >= 15 is 0 Å². The Labute approximate surface area is 153 Å². The Bertz CT molecular complexity index is 976. The molecule has 0 aliphatic heterocycles. The van der Waals surface area contributed by atoms with Gasteiger partial charge < -0.3 is 15.0 Å². The van der Waals surface area contributed by atoms with Crippen molar-refractivity contribution in [2.45, 2.75) is 19.6 Å². The lowest BCUT2D eigenvalue weighted by Crippen LogP contribution is -2.32. The van der Waals surface area contributed by atoms with E-state index in [-0.39, 0.29) is 23.8 Å². The molecule has 0 spiro atoms. The first-order chi connectivity index (χ1) is 13.0. The van der Waals surface area contributed by atoms with E-state index in [1.165, 1.54) is 36.8 Å². The summed E-state index contributed by atoms with van der Waals surface area (Å²) in [5.41, 5.74) is -0.0939. The molecule has 0 unspecified atom stereocenters. The summed E-state index contributed by atoms with van der Waals surface area (Å²) < 4.78 is 18.3. The van der Waals surface area contributed by atoms with Gasteiger partial charge in [0.25, 0.3) is 11.5 Å². The summed E-state index contributed by atoms with van der Waals surface area (Å²) in [7, 11) is 0. The number of nitrogens with zero attached hydrogens (tertiary/aromatic N) is 3. The van der Waals surface area contributed by atoms with E-state index in [2.05, 4.69) is 25.3 Å². The summed E-state index contributed by atoms with van der Waals surface area (Å²) >= 11 is 0.